The van der Waals surface area contributed by atoms with Gasteiger partial charge in [-0.2, -0.15) is 0 Å². The van der Waals surface area contributed by atoms with Gasteiger partial charge in [0.15, 0.2) is 0 Å². The zero-order valence-electron chi connectivity index (χ0n) is 17.2. The average molecular weight is 423 g/mol. The van der Waals surface area contributed by atoms with Gasteiger partial charge >= 0.3 is 5.97 Å². The fourth-order valence-corrected chi connectivity index (χ4v) is 3.08. The summed E-state index contributed by atoms with van der Waals surface area (Å²) in [4.78, 5) is 36.7. The molecule has 3 aromatic rings. The predicted octanol–water partition coefficient (Wildman–Crippen LogP) is 4.30. The van der Waals surface area contributed by atoms with Crippen LogP contribution in [0.1, 0.15) is 46.0 Å². The van der Waals surface area contributed by atoms with Crippen LogP contribution in [-0.4, -0.2) is 22.0 Å². The van der Waals surface area contributed by atoms with E-state index in [1.165, 1.54) is 12.1 Å². The number of rotatable bonds is 7. The third-order valence-corrected chi connectivity index (χ3v) is 4.65. The van der Waals surface area contributed by atoms with Gasteiger partial charge in [-0.1, -0.05) is 48.5 Å². The number of nitro benzene ring substituents is 1. The molecule has 1 N–H and O–H groups in total. The molecular weight excluding hydrogens is 402 g/mol. The number of aryl methyl sites for hydroxylation is 3. The van der Waals surface area contributed by atoms with Crippen molar-refractivity contribution in [2.45, 2.75) is 33.3 Å². The number of carbonyl (C=O) groups excluding carboxylic acids is 2. The lowest BCUT2D eigenvalue weighted by atomic mass is 10.1. The summed E-state index contributed by atoms with van der Waals surface area (Å²) in [5, 5.41) is 17.7. The summed E-state index contributed by atoms with van der Waals surface area (Å²) < 4.78 is 10.6. The summed E-state index contributed by atoms with van der Waals surface area (Å²) in [7, 11) is 0. The van der Waals surface area contributed by atoms with E-state index in [0.717, 1.165) is 0 Å². The fraction of sp³-hybridized carbons (Fsp3) is 0.227. The van der Waals surface area contributed by atoms with E-state index in [2.05, 4.69) is 10.5 Å². The van der Waals surface area contributed by atoms with Crippen LogP contribution in [0.15, 0.2) is 53.1 Å². The van der Waals surface area contributed by atoms with Gasteiger partial charge in [0.25, 0.3) is 11.6 Å². The predicted molar refractivity (Wildman–Crippen MR) is 112 cm³/mol. The fourth-order valence-electron chi connectivity index (χ4n) is 3.08. The minimum Gasteiger partial charge on any atom is -0.444 e. The highest BCUT2D eigenvalue weighted by Crippen LogP contribution is 2.28. The molecule has 1 aromatic heterocycles. The second-order valence-corrected chi connectivity index (χ2v) is 6.88. The van der Waals surface area contributed by atoms with Crippen LogP contribution >= 0.6 is 0 Å². The SMILES string of the molecule is CCc1noc(C)c1C(=O)OC(C(=O)Nc1ccc(C)cc1[N+](=O)[O-])c1ccccc1. The van der Waals surface area contributed by atoms with Crippen LogP contribution in [0.2, 0.25) is 0 Å². The first-order chi connectivity index (χ1) is 14.8. The normalized spacial score (nSPS) is 11.6. The van der Waals surface area contributed by atoms with Crippen LogP contribution in [0.3, 0.4) is 0 Å². The maximum absolute atomic E-state index is 13.1. The van der Waals surface area contributed by atoms with Gasteiger partial charge in [0.05, 0.1) is 10.6 Å². The van der Waals surface area contributed by atoms with Crippen LogP contribution in [0, 0.1) is 24.0 Å². The number of hydrogen-bond donors (Lipinski definition) is 1. The first-order valence-electron chi connectivity index (χ1n) is 9.58. The molecule has 1 heterocycles. The second kappa shape index (κ2) is 9.21. The Hall–Kier alpha value is -4.01. The molecule has 31 heavy (non-hydrogen) atoms. The van der Waals surface area contributed by atoms with E-state index in [0.29, 0.717) is 23.2 Å². The molecule has 3 rings (SSSR count). The molecule has 9 heteroatoms. The Kier molecular flexibility index (Phi) is 6.44. The molecule has 160 valence electrons. The van der Waals surface area contributed by atoms with Crippen molar-refractivity contribution < 1.29 is 23.8 Å². The highest BCUT2D eigenvalue weighted by Gasteiger charge is 2.30. The third-order valence-electron chi connectivity index (χ3n) is 4.65. The van der Waals surface area contributed by atoms with Crippen molar-refractivity contribution in [1.82, 2.24) is 5.16 Å². The molecule has 0 aliphatic rings. The van der Waals surface area contributed by atoms with Crippen LogP contribution in [0.5, 0.6) is 0 Å². The van der Waals surface area contributed by atoms with Gasteiger partial charge in [-0.3, -0.25) is 14.9 Å². The molecule has 0 radical (unpaired) electrons. The van der Waals surface area contributed by atoms with Crippen molar-refractivity contribution in [1.29, 1.82) is 0 Å². The number of aromatic nitrogens is 1. The minimum absolute atomic E-state index is 0.00739. The highest BCUT2D eigenvalue weighted by molar-refractivity contribution is 5.99. The molecule has 0 bridgehead atoms. The lowest BCUT2D eigenvalue weighted by molar-refractivity contribution is -0.384. The number of nitro groups is 1. The molecular formula is C22H21N3O6. The van der Waals surface area contributed by atoms with Crippen LogP contribution in [0.4, 0.5) is 11.4 Å². The maximum atomic E-state index is 13.1. The van der Waals surface area contributed by atoms with E-state index in [1.54, 1.807) is 50.2 Å². The number of hydrogen-bond acceptors (Lipinski definition) is 7. The van der Waals surface area contributed by atoms with Gasteiger partial charge in [0.2, 0.25) is 6.10 Å². The minimum atomic E-state index is -1.34. The van der Waals surface area contributed by atoms with E-state index in [1.807, 2.05) is 6.92 Å². The van der Waals surface area contributed by atoms with E-state index >= 15 is 0 Å². The molecule has 2 aromatic carbocycles. The van der Waals surface area contributed by atoms with E-state index in [9.17, 15) is 19.7 Å². The van der Waals surface area contributed by atoms with Gasteiger partial charge in [0.1, 0.15) is 17.0 Å². The zero-order chi connectivity index (χ0) is 22.5. The van der Waals surface area contributed by atoms with E-state index in [-0.39, 0.29) is 22.7 Å². The number of nitrogens with one attached hydrogen (secondary N) is 1. The van der Waals surface area contributed by atoms with Gasteiger partial charge in [-0.05, 0) is 31.9 Å². The Morgan fingerprint density at radius 3 is 2.55 bits per heavy atom. The Bertz CT molecular complexity index is 1120. The van der Waals surface area contributed by atoms with Gasteiger partial charge in [-0.15, -0.1) is 0 Å². The van der Waals surface area contributed by atoms with Crippen molar-refractivity contribution in [3.63, 3.8) is 0 Å². The van der Waals surface area contributed by atoms with Gasteiger partial charge in [-0.25, -0.2) is 4.79 Å². The smallest absolute Gasteiger partial charge is 0.344 e. The summed E-state index contributed by atoms with van der Waals surface area (Å²) in [5.41, 5.74) is 1.42. The molecule has 1 atom stereocenters. The third kappa shape index (κ3) is 4.77. The number of anilines is 1. The molecule has 9 nitrogen and oxygen atoms in total. The molecule has 0 fully saturated rings. The highest BCUT2D eigenvalue weighted by atomic mass is 16.6. The maximum Gasteiger partial charge on any atom is 0.344 e. The van der Waals surface area contributed by atoms with Crippen molar-refractivity contribution in [3.05, 3.63) is 86.8 Å². The summed E-state index contributed by atoms with van der Waals surface area (Å²) in [5.74, 6) is -1.21. The quantitative estimate of drug-likeness (QED) is 0.341. The van der Waals surface area contributed by atoms with E-state index < -0.39 is 22.9 Å². The summed E-state index contributed by atoms with van der Waals surface area (Å²) in [6.07, 6.45) is -0.895. The van der Waals surface area contributed by atoms with E-state index in [4.69, 9.17) is 9.26 Å². The number of carbonyl (C=O) groups is 2. The number of esters is 1. The average Bonchev–Trinajstić information content (AvgIpc) is 3.14. The summed E-state index contributed by atoms with van der Waals surface area (Å²) in [6.45, 7) is 5.10. The lowest BCUT2D eigenvalue weighted by Crippen LogP contribution is -2.26. The molecule has 1 unspecified atom stereocenters. The first-order valence-corrected chi connectivity index (χ1v) is 9.58. The molecule has 0 saturated carbocycles. The lowest BCUT2D eigenvalue weighted by Gasteiger charge is -2.18. The molecule has 0 spiro atoms. The van der Waals surface area contributed by atoms with Crippen LogP contribution in [-0.2, 0) is 16.0 Å². The summed E-state index contributed by atoms with van der Waals surface area (Å²) >= 11 is 0. The van der Waals surface area contributed by atoms with Gasteiger partial charge < -0.3 is 14.6 Å². The molecule has 0 saturated heterocycles. The van der Waals surface area contributed by atoms with Gasteiger partial charge in [0, 0.05) is 11.6 Å². The van der Waals surface area contributed by atoms with Crippen molar-refractivity contribution >= 4 is 23.3 Å². The first kappa shape index (κ1) is 21.7. The zero-order valence-corrected chi connectivity index (χ0v) is 17.2. The number of ether oxygens (including phenoxy) is 1. The Morgan fingerprint density at radius 1 is 1.19 bits per heavy atom. The standard InChI is InChI=1S/C22H21N3O6/c1-4-16-19(14(3)31-24-16)22(27)30-20(15-8-6-5-7-9-15)21(26)23-17-11-10-13(2)12-18(17)25(28)29/h5-12,20H,4H2,1-3H3,(H,23,26). The van der Waals surface area contributed by atoms with Crippen molar-refractivity contribution in [2.75, 3.05) is 5.32 Å². The molecule has 0 aliphatic heterocycles. The monoisotopic (exact) mass is 423 g/mol. The van der Waals surface area contributed by atoms with Crippen molar-refractivity contribution in [3.8, 4) is 0 Å². The summed E-state index contributed by atoms with van der Waals surface area (Å²) in [6, 6.07) is 12.8. The Morgan fingerprint density at radius 2 is 1.90 bits per heavy atom. The number of nitrogens with zero attached hydrogens (tertiary/aromatic N) is 2. The van der Waals surface area contributed by atoms with Crippen LogP contribution in [0.25, 0.3) is 0 Å². The Balaban J connectivity index is 1.93. The topological polar surface area (TPSA) is 125 Å². The van der Waals surface area contributed by atoms with Crippen molar-refractivity contribution in [2.24, 2.45) is 0 Å². The molecule has 1 amide bonds. The largest absolute Gasteiger partial charge is 0.444 e. The second-order valence-electron chi connectivity index (χ2n) is 6.88. The number of amides is 1. The van der Waals surface area contributed by atoms with Crippen LogP contribution < -0.4 is 5.32 Å². The Labute approximate surface area is 178 Å². The number of benzene rings is 2. The molecule has 0 aliphatic carbocycles.